The number of hydrogen-bond donors (Lipinski definition) is 1. The second-order valence-corrected chi connectivity index (χ2v) is 5.97. The number of carbonyl (C=O) groups excluding carboxylic acids is 2. The van der Waals surface area contributed by atoms with Crippen LogP contribution in [0.2, 0.25) is 0 Å². The molecule has 2 aromatic carbocycles. The zero-order valence-corrected chi connectivity index (χ0v) is 13.6. The summed E-state index contributed by atoms with van der Waals surface area (Å²) in [7, 11) is 0. The fraction of sp³-hybridized carbons (Fsp3) is 0.222. The summed E-state index contributed by atoms with van der Waals surface area (Å²) in [6.45, 7) is 2.00. The van der Waals surface area contributed by atoms with Crippen molar-refractivity contribution in [1.29, 1.82) is 0 Å². The third-order valence-electron chi connectivity index (χ3n) is 4.20. The molecule has 25 heavy (non-hydrogen) atoms. The van der Waals surface area contributed by atoms with Crippen LogP contribution in [0.5, 0.6) is 0 Å². The number of nitro groups is 1. The van der Waals surface area contributed by atoms with Crippen molar-refractivity contribution in [3.63, 3.8) is 0 Å². The SMILES string of the molecule is Cc1ccc(C(=O)N[C@H]2CC(=O)N(c3ccccc3)C2)cc1[N+](=O)[O-]. The molecule has 1 atom stereocenters. The van der Waals surface area contributed by atoms with E-state index in [0.29, 0.717) is 12.1 Å². The average molecular weight is 339 g/mol. The number of anilines is 1. The van der Waals surface area contributed by atoms with E-state index in [1.54, 1.807) is 24.0 Å². The number of nitro benzene ring substituents is 1. The lowest BCUT2D eigenvalue weighted by atomic mass is 10.1. The number of benzene rings is 2. The van der Waals surface area contributed by atoms with Crippen LogP contribution in [0.1, 0.15) is 22.3 Å². The second kappa shape index (κ2) is 6.72. The first-order valence-electron chi connectivity index (χ1n) is 7.87. The number of nitrogens with zero attached hydrogens (tertiary/aromatic N) is 2. The Kier molecular flexibility index (Phi) is 4.47. The molecule has 128 valence electrons. The lowest BCUT2D eigenvalue weighted by Gasteiger charge is -2.17. The average Bonchev–Trinajstić information content (AvgIpc) is 2.96. The van der Waals surface area contributed by atoms with Crippen LogP contribution in [0.4, 0.5) is 11.4 Å². The van der Waals surface area contributed by atoms with Gasteiger partial charge in [0.2, 0.25) is 5.91 Å². The predicted molar refractivity (Wildman–Crippen MR) is 92.5 cm³/mol. The van der Waals surface area contributed by atoms with Gasteiger partial charge in [0, 0.05) is 35.8 Å². The van der Waals surface area contributed by atoms with E-state index in [0.717, 1.165) is 5.69 Å². The molecule has 0 aliphatic carbocycles. The van der Waals surface area contributed by atoms with E-state index in [-0.39, 0.29) is 29.6 Å². The van der Waals surface area contributed by atoms with Crippen molar-refractivity contribution < 1.29 is 14.5 Å². The number of carbonyl (C=O) groups is 2. The molecule has 0 bridgehead atoms. The van der Waals surface area contributed by atoms with Gasteiger partial charge in [-0.1, -0.05) is 24.3 Å². The van der Waals surface area contributed by atoms with Crippen LogP contribution in [0.15, 0.2) is 48.5 Å². The number of amides is 2. The van der Waals surface area contributed by atoms with Crippen LogP contribution >= 0.6 is 0 Å². The van der Waals surface area contributed by atoms with Gasteiger partial charge in [-0.05, 0) is 25.1 Å². The molecule has 3 rings (SSSR count). The lowest BCUT2D eigenvalue weighted by Crippen LogP contribution is -2.37. The summed E-state index contributed by atoms with van der Waals surface area (Å²) in [6, 6.07) is 13.3. The van der Waals surface area contributed by atoms with E-state index < -0.39 is 10.8 Å². The van der Waals surface area contributed by atoms with Crippen molar-refractivity contribution in [2.75, 3.05) is 11.4 Å². The molecule has 0 unspecified atom stereocenters. The first kappa shape index (κ1) is 16.6. The van der Waals surface area contributed by atoms with E-state index in [9.17, 15) is 19.7 Å². The van der Waals surface area contributed by atoms with Gasteiger partial charge >= 0.3 is 0 Å². The van der Waals surface area contributed by atoms with Crippen LogP contribution in [0.3, 0.4) is 0 Å². The summed E-state index contributed by atoms with van der Waals surface area (Å²) in [5, 5.41) is 13.8. The standard InChI is InChI=1S/C18H17N3O4/c1-12-7-8-13(9-16(12)21(24)25)18(23)19-14-10-17(22)20(11-14)15-5-3-2-4-6-15/h2-9,14H,10-11H2,1H3,(H,19,23)/t14-/m0/s1. The third-order valence-corrected chi connectivity index (χ3v) is 4.20. The quantitative estimate of drug-likeness (QED) is 0.684. The minimum atomic E-state index is -0.512. The van der Waals surface area contributed by atoms with Crippen molar-refractivity contribution in [1.82, 2.24) is 5.32 Å². The molecule has 0 saturated carbocycles. The molecule has 1 N–H and O–H groups in total. The largest absolute Gasteiger partial charge is 0.347 e. The maximum Gasteiger partial charge on any atom is 0.273 e. The van der Waals surface area contributed by atoms with Crippen molar-refractivity contribution in [3.8, 4) is 0 Å². The molecule has 0 spiro atoms. The normalized spacial score (nSPS) is 16.8. The zero-order valence-electron chi connectivity index (χ0n) is 13.6. The van der Waals surface area contributed by atoms with Crippen LogP contribution in [-0.4, -0.2) is 29.3 Å². The zero-order chi connectivity index (χ0) is 18.0. The number of para-hydroxylation sites is 1. The Morgan fingerprint density at radius 1 is 1.24 bits per heavy atom. The van der Waals surface area contributed by atoms with Gasteiger partial charge in [0.15, 0.2) is 0 Å². The topological polar surface area (TPSA) is 92.6 Å². The first-order chi connectivity index (χ1) is 12.0. The third kappa shape index (κ3) is 3.50. The summed E-state index contributed by atoms with van der Waals surface area (Å²) in [6.07, 6.45) is 0.203. The minimum Gasteiger partial charge on any atom is -0.347 e. The summed E-state index contributed by atoms with van der Waals surface area (Å²) < 4.78 is 0. The van der Waals surface area contributed by atoms with Crippen molar-refractivity contribution in [3.05, 3.63) is 69.8 Å². The molecular formula is C18H17N3O4. The molecule has 7 nitrogen and oxygen atoms in total. The van der Waals surface area contributed by atoms with E-state index >= 15 is 0 Å². The smallest absolute Gasteiger partial charge is 0.273 e. The molecule has 1 aliphatic heterocycles. The molecule has 7 heteroatoms. The van der Waals surface area contributed by atoms with Gasteiger partial charge in [-0.25, -0.2) is 0 Å². The Morgan fingerprint density at radius 2 is 1.96 bits per heavy atom. The van der Waals surface area contributed by atoms with Crippen molar-refractivity contribution in [2.24, 2.45) is 0 Å². The number of rotatable bonds is 4. The summed E-state index contributed by atoms with van der Waals surface area (Å²) in [4.78, 5) is 36.7. The van der Waals surface area contributed by atoms with E-state index in [1.807, 2.05) is 30.3 Å². The van der Waals surface area contributed by atoms with Crippen LogP contribution in [0.25, 0.3) is 0 Å². The molecule has 2 aromatic rings. The van der Waals surface area contributed by atoms with Gasteiger partial charge in [0.05, 0.1) is 11.0 Å². The van der Waals surface area contributed by atoms with E-state index in [4.69, 9.17) is 0 Å². The number of hydrogen-bond acceptors (Lipinski definition) is 4. The van der Waals surface area contributed by atoms with Gasteiger partial charge in [0.25, 0.3) is 11.6 Å². The monoisotopic (exact) mass is 339 g/mol. The van der Waals surface area contributed by atoms with Crippen LogP contribution in [0, 0.1) is 17.0 Å². The Bertz CT molecular complexity index is 835. The predicted octanol–water partition coefficient (Wildman–Crippen LogP) is 2.44. The fourth-order valence-electron chi connectivity index (χ4n) is 2.88. The van der Waals surface area contributed by atoms with Gasteiger partial charge < -0.3 is 10.2 Å². The molecule has 0 radical (unpaired) electrons. The van der Waals surface area contributed by atoms with Crippen LogP contribution in [-0.2, 0) is 4.79 Å². The maximum atomic E-state index is 12.4. The van der Waals surface area contributed by atoms with E-state index in [2.05, 4.69) is 5.32 Å². The molecule has 1 saturated heterocycles. The molecule has 1 heterocycles. The van der Waals surface area contributed by atoms with Crippen molar-refractivity contribution in [2.45, 2.75) is 19.4 Å². The summed E-state index contributed by atoms with van der Waals surface area (Å²) >= 11 is 0. The molecule has 0 aromatic heterocycles. The highest BCUT2D eigenvalue weighted by atomic mass is 16.6. The summed E-state index contributed by atoms with van der Waals surface area (Å²) in [5.74, 6) is -0.484. The highest BCUT2D eigenvalue weighted by molar-refractivity contribution is 5.99. The second-order valence-electron chi connectivity index (χ2n) is 5.97. The Labute approximate surface area is 144 Å². The maximum absolute atomic E-state index is 12.4. The van der Waals surface area contributed by atoms with Gasteiger partial charge in [-0.2, -0.15) is 0 Å². The molecule has 1 fully saturated rings. The first-order valence-corrected chi connectivity index (χ1v) is 7.87. The number of aryl methyl sites for hydroxylation is 1. The van der Waals surface area contributed by atoms with E-state index in [1.165, 1.54) is 6.07 Å². The van der Waals surface area contributed by atoms with Gasteiger partial charge in [-0.3, -0.25) is 19.7 Å². The fourth-order valence-corrected chi connectivity index (χ4v) is 2.88. The Morgan fingerprint density at radius 3 is 2.64 bits per heavy atom. The number of nitrogens with one attached hydrogen (secondary N) is 1. The Hall–Kier alpha value is -3.22. The van der Waals surface area contributed by atoms with Gasteiger partial charge in [-0.15, -0.1) is 0 Å². The highest BCUT2D eigenvalue weighted by Crippen LogP contribution is 2.22. The van der Waals surface area contributed by atoms with Crippen LogP contribution < -0.4 is 10.2 Å². The minimum absolute atomic E-state index is 0.0635. The molecule has 2 amide bonds. The summed E-state index contributed by atoms with van der Waals surface area (Å²) in [5.41, 5.74) is 1.40. The molecule has 1 aliphatic rings. The Balaban J connectivity index is 1.71. The van der Waals surface area contributed by atoms with Crippen molar-refractivity contribution >= 4 is 23.2 Å². The highest BCUT2D eigenvalue weighted by Gasteiger charge is 2.31. The lowest BCUT2D eigenvalue weighted by molar-refractivity contribution is -0.385. The van der Waals surface area contributed by atoms with Gasteiger partial charge in [0.1, 0.15) is 0 Å². The molecular weight excluding hydrogens is 322 g/mol.